The Bertz CT molecular complexity index is 492. The zero-order valence-corrected chi connectivity index (χ0v) is 13.6. The smallest absolute Gasteiger partial charge is 0.337 e. The molecule has 0 amide bonds. The molecule has 1 aromatic carbocycles. The van der Waals surface area contributed by atoms with E-state index in [2.05, 4.69) is 31.1 Å². The molecule has 0 unspecified atom stereocenters. The molecular weight excluding hydrogens is 290 g/mol. The van der Waals surface area contributed by atoms with Gasteiger partial charge in [-0.15, -0.1) is 0 Å². The van der Waals surface area contributed by atoms with Crippen LogP contribution in [0, 0.1) is 0 Å². The third-order valence-electron chi connectivity index (χ3n) is 3.46. The molecule has 0 spiro atoms. The van der Waals surface area contributed by atoms with Gasteiger partial charge in [-0.2, -0.15) is 0 Å². The fraction of sp³-hybridized carbons (Fsp3) is 0.533. The van der Waals surface area contributed by atoms with Crippen molar-refractivity contribution in [2.24, 2.45) is 0 Å². The van der Waals surface area contributed by atoms with Crippen LogP contribution >= 0.6 is 11.6 Å². The van der Waals surface area contributed by atoms with Gasteiger partial charge in [0.15, 0.2) is 0 Å². The highest BCUT2D eigenvalue weighted by molar-refractivity contribution is 6.34. The van der Waals surface area contributed by atoms with E-state index in [1.54, 1.807) is 6.07 Å². The molecule has 0 atom stereocenters. The summed E-state index contributed by atoms with van der Waals surface area (Å²) in [6.45, 7) is 6.01. The lowest BCUT2D eigenvalue weighted by Gasteiger charge is -2.20. The van der Waals surface area contributed by atoms with Gasteiger partial charge in [0.1, 0.15) is 0 Å². The van der Waals surface area contributed by atoms with E-state index in [1.165, 1.54) is 6.07 Å². The van der Waals surface area contributed by atoms with Crippen molar-refractivity contribution in [2.45, 2.75) is 32.7 Å². The third kappa shape index (κ3) is 5.44. The molecule has 5 nitrogen and oxygen atoms in total. The van der Waals surface area contributed by atoms with Crippen LogP contribution in [0.25, 0.3) is 0 Å². The molecular formula is C15H24ClN3O2. The largest absolute Gasteiger partial charge is 0.478 e. The van der Waals surface area contributed by atoms with Gasteiger partial charge in [0, 0.05) is 18.3 Å². The number of carboxylic acid groups (broad SMARTS) is 1. The third-order valence-corrected chi connectivity index (χ3v) is 3.76. The van der Waals surface area contributed by atoms with Crippen LogP contribution in [-0.2, 0) is 0 Å². The fourth-order valence-electron chi connectivity index (χ4n) is 1.93. The first-order valence-corrected chi connectivity index (χ1v) is 7.47. The molecule has 0 bridgehead atoms. The van der Waals surface area contributed by atoms with E-state index in [1.807, 2.05) is 0 Å². The summed E-state index contributed by atoms with van der Waals surface area (Å²) in [4.78, 5) is 13.5. The highest BCUT2D eigenvalue weighted by Gasteiger charge is 2.14. The summed E-state index contributed by atoms with van der Waals surface area (Å²) in [5.74, 6) is -1.04. The lowest BCUT2D eigenvalue weighted by Crippen LogP contribution is -2.27. The quantitative estimate of drug-likeness (QED) is 0.507. The first kappa shape index (κ1) is 17.6. The molecule has 21 heavy (non-hydrogen) atoms. The summed E-state index contributed by atoms with van der Waals surface area (Å²) in [6.07, 6.45) is 1.98. The number of halogens is 1. The van der Waals surface area contributed by atoms with Gasteiger partial charge in [-0.1, -0.05) is 11.6 Å². The Morgan fingerprint density at radius 2 is 2.10 bits per heavy atom. The maximum absolute atomic E-state index is 11.2. The van der Waals surface area contributed by atoms with Crippen molar-refractivity contribution >= 4 is 28.9 Å². The number of nitrogen functional groups attached to an aromatic ring is 1. The van der Waals surface area contributed by atoms with Crippen LogP contribution in [0.3, 0.4) is 0 Å². The highest BCUT2D eigenvalue weighted by Crippen LogP contribution is 2.29. The zero-order valence-electron chi connectivity index (χ0n) is 12.8. The Labute approximate surface area is 131 Å². The lowest BCUT2D eigenvalue weighted by molar-refractivity contribution is 0.0698. The number of nitrogens with one attached hydrogen (secondary N) is 1. The molecule has 0 fully saturated rings. The van der Waals surface area contributed by atoms with Crippen LogP contribution in [0.15, 0.2) is 12.1 Å². The fourth-order valence-corrected chi connectivity index (χ4v) is 2.23. The Balaban J connectivity index is 2.54. The van der Waals surface area contributed by atoms with Crippen molar-refractivity contribution in [2.75, 3.05) is 31.2 Å². The van der Waals surface area contributed by atoms with Gasteiger partial charge in [-0.05, 0) is 52.4 Å². The number of hydrogen-bond donors (Lipinski definition) is 3. The molecule has 118 valence electrons. The number of hydrogen-bond acceptors (Lipinski definition) is 4. The Kier molecular flexibility index (Phi) is 6.78. The number of aromatic carboxylic acids is 1. The second-order valence-corrected chi connectivity index (χ2v) is 5.85. The summed E-state index contributed by atoms with van der Waals surface area (Å²) >= 11 is 6.07. The maximum atomic E-state index is 11.2. The van der Waals surface area contributed by atoms with E-state index in [-0.39, 0.29) is 5.56 Å². The van der Waals surface area contributed by atoms with Crippen LogP contribution in [0.1, 0.15) is 37.0 Å². The van der Waals surface area contributed by atoms with Crippen molar-refractivity contribution in [3.63, 3.8) is 0 Å². The van der Waals surface area contributed by atoms with Gasteiger partial charge in [0.25, 0.3) is 0 Å². The first-order valence-electron chi connectivity index (χ1n) is 7.09. The molecule has 1 aromatic rings. The van der Waals surface area contributed by atoms with Gasteiger partial charge in [-0.25, -0.2) is 4.79 Å². The number of nitrogens with zero attached hydrogens (tertiary/aromatic N) is 1. The molecule has 1 rings (SSSR count). The van der Waals surface area contributed by atoms with Crippen molar-refractivity contribution in [1.82, 2.24) is 4.90 Å². The monoisotopic (exact) mass is 313 g/mol. The van der Waals surface area contributed by atoms with Crippen molar-refractivity contribution in [1.29, 1.82) is 0 Å². The van der Waals surface area contributed by atoms with Crippen LogP contribution in [0.2, 0.25) is 5.02 Å². The minimum atomic E-state index is -1.04. The van der Waals surface area contributed by atoms with Crippen LogP contribution in [-0.4, -0.2) is 42.2 Å². The molecule has 4 N–H and O–H groups in total. The summed E-state index contributed by atoms with van der Waals surface area (Å²) in [7, 11) is 2.09. The van der Waals surface area contributed by atoms with Crippen LogP contribution in [0.4, 0.5) is 11.4 Å². The SMILES string of the molecule is CC(C)N(C)CCCCNc1c(Cl)cc(N)cc1C(=O)O. The van der Waals surface area contributed by atoms with E-state index in [0.29, 0.717) is 29.0 Å². The van der Waals surface area contributed by atoms with Crippen LogP contribution < -0.4 is 11.1 Å². The highest BCUT2D eigenvalue weighted by atomic mass is 35.5. The van der Waals surface area contributed by atoms with Gasteiger partial charge >= 0.3 is 5.97 Å². The summed E-state index contributed by atoms with van der Waals surface area (Å²) in [5.41, 5.74) is 6.52. The molecule has 0 aliphatic rings. The molecule has 0 aliphatic heterocycles. The van der Waals surface area contributed by atoms with Crippen LogP contribution in [0.5, 0.6) is 0 Å². The maximum Gasteiger partial charge on any atom is 0.337 e. The summed E-state index contributed by atoms with van der Waals surface area (Å²) in [5, 5.41) is 12.6. The Hall–Kier alpha value is -1.46. The van der Waals surface area contributed by atoms with Gasteiger partial charge in [0.05, 0.1) is 16.3 Å². The second-order valence-electron chi connectivity index (χ2n) is 5.44. The molecule has 0 aromatic heterocycles. The van der Waals surface area contributed by atoms with Gasteiger partial charge in [-0.3, -0.25) is 0 Å². The van der Waals surface area contributed by atoms with Crippen molar-refractivity contribution in [3.8, 4) is 0 Å². The first-order chi connectivity index (χ1) is 9.82. The average molecular weight is 314 g/mol. The molecule has 0 heterocycles. The van der Waals surface area contributed by atoms with Gasteiger partial charge in [0.2, 0.25) is 0 Å². The van der Waals surface area contributed by atoms with E-state index in [0.717, 1.165) is 19.4 Å². The zero-order chi connectivity index (χ0) is 16.0. The van der Waals surface area contributed by atoms with Gasteiger partial charge < -0.3 is 21.1 Å². The minimum Gasteiger partial charge on any atom is -0.478 e. The minimum absolute atomic E-state index is 0.110. The van der Waals surface area contributed by atoms with Crippen molar-refractivity contribution in [3.05, 3.63) is 22.7 Å². The number of benzene rings is 1. The number of nitrogens with two attached hydrogens (primary N) is 1. The molecule has 0 saturated heterocycles. The predicted octanol–water partition coefficient (Wildman–Crippen LogP) is 3.15. The van der Waals surface area contributed by atoms with Crippen molar-refractivity contribution < 1.29 is 9.90 Å². The lowest BCUT2D eigenvalue weighted by atomic mass is 10.1. The number of anilines is 2. The standard InChI is InChI=1S/C15H24ClN3O2/c1-10(2)19(3)7-5-4-6-18-14-12(15(20)21)8-11(17)9-13(14)16/h8-10,18H,4-7,17H2,1-3H3,(H,20,21). The molecule has 0 radical (unpaired) electrons. The predicted molar refractivity (Wildman–Crippen MR) is 88.3 cm³/mol. The van der Waals surface area contributed by atoms with E-state index in [4.69, 9.17) is 17.3 Å². The number of rotatable bonds is 8. The average Bonchev–Trinajstić information content (AvgIpc) is 2.39. The normalized spacial score (nSPS) is 11.1. The summed E-state index contributed by atoms with van der Waals surface area (Å²) in [6, 6.07) is 3.51. The molecule has 0 aliphatic carbocycles. The number of carbonyl (C=O) groups is 1. The Morgan fingerprint density at radius 3 is 2.67 bits per heavy atom. The Morgan fingerprint density at radius 1 is 1.43 bits per heavy atom. The van der Waals surface area contributed by atoms with E-state index < -0.39 is 5.97 Å². The molecule has 6 heteroatoms. The second kappa shape index (κ2) is 8.10. The number of carboxylic acids is 1. The summed E-state index contributed by atoms with van der Waals surface area (Å²) < 4.78 is 0. The topological polar surface area (TPSA) is 78.6 Å². The number of unbranched alkanes of at least 4 members (excludes halogenated alkanes) is 1. The van der Waals surface area contributed by atoms with E-state index in [9.17, 15) is 9.90 Å². The van der Waals surface area contributed by atoms with E-state index >= 15 is 0 Å². The molecule has 0 saturated carbocycles.